The number of benzene rings is 3. The van der Waals surface area contributed by atoms with Crippen LogP contribution >= 0.6 is 23.2 Å². The topological polar surface area (TPSA) is 86.8 Å². The molecule has 0 bridgehead atoms. The van der Waals surface area contributed by atoms with Gasteiger partial charge in [0.1, 0.15) is 12.6 Å². The first-order valence-corrected chi connectivity index (χ1v) is 15.4. The maximum absolute atomic E-state index is 14.0. The van der Waals surface area contributed by atoms with Gasteiger partial charge in [0.05, 0.1) is 20.6 Å². The lowest BCUT2D eigenvalue weighted by atomic mass is 10.1. The highest BCUT2D eigenvalue weighted by molar-refractivity contribution is 7.92. The van der Waals surface area contributed by atoms with E-state index in [-0.39, 0.29) is 23.4 Å². The third-order valence-electron chi connectivity index (χ3n) is 7.14. The molecule has 1 saturated carbocycles. The number of halogens is 2. The summed E-state index contributed by atoms with van der Waals surface area (Å²) in [7, 11) is -4.10. The Morgan fingerprint density at radius 1 is 0.950 bits per heavy atom. The third-order valence-corrected chi connectivity index (χ3v) is 9.66. The van der Waals surface area contributed by atoms with Crippen LogP contribution in [-0.2, 0) is 26.2 Å². The SMILES string of the molecule is Cc1ccc(N(CC(=O)N(Cc2ccc(Cl)c(Cl)c2)C(C)C(=O)NC2CCCC2)S(=O)(=O)c2ccccc2)cc1. The van der Waals surface area contributed by atoms with Gasteiger partial charge in [-0.15, -0.1) is 0 Å². The van der Waals surface area contributed by atoms with Gasteiger partial charge in [-0.1, -0.05) is 78.0 Å². The maximum atomic E-state index is 14.0. The molecule has 0 spiro atoms. The number of sulfonamides is 1. The Morgan fingerprint density at radius 2 is 1.60 bits per heavy atom. The maximum Gasteiger partial charge on any atom is 0.264 e. The lowest BCUT2D eigenvalue weighted by Gasteiger charge is -2.32. The molecule has 7 nitrogen and oxygen atoms in total. The van der Waals surface area contributed by atoms with Crippen LogP contribution in [0, 0.1) is 6.92 Å². The number of hydrogen-bond acceptors (Lipinski definition) is 4. The third kappa shape index (κ3) is 7.16. The molecule has 3 aromatic rings. The fourth-order valence-corrected chi connectivity index (χ4v) is 6.52. The fourth-order valence-electron chi connectivity index (χ4n) is 4.77. The molecule has 0 radical (unpaired) electrons. The van der Waals surface area contributed by atoms with Gasteiger partial charge in [-0.3, -0.25) is 13.9 Å². The van der Waals surface area contributed by atoms with Gasteiger partial charge in [-0.25, -0.2) is 8.42 Å². The van der Waals surface area contributed by atoms with Gasteiger partial charge in [0.2, 0.25) is 11.8 Å². The molecule has 0 heterocycles. The van der Waals surface area contributed by atoms with Gasteiger partial charge >= 0.3 is 0 Å². The van der Waals surface area contributed by atoms with E-state index in [9.17, 15) is 18.0 Å². The van der Waals surface area contributed by atoms with Crippen LogP contribution in [0.25, 0.3) is 0 Å². The number of anilines is 1. The van der Waals surface area contributed by atoms with E-state index in [0.29, 0.717) is 21.3 Å². The largest absolute Gasteiger partial charge is 0.352 e. The van der Waals surface area contributed by atoms with Gasteiger partial charge in [0.25, 0.3) is 10.0 Å². The average Bonchev–Trinajstić information content (AvgIpc) is 3.46. The first-order chi connectivity index (χ1) is 19.1. The van der Waals surface area contributed by atoms with Crippen LogP contribution < -0.4 is 9.62 Å². The minimum Gasteiger partial charge on any atom is -0.352 e. The lowest BCUT2D eigenvalue weighted by Crippen LogP contribution is -2.52. The minimum absolute atomic E-state index is 0.0437. The van der Waals surface area contributed by atoms with Crippen LogP contribution in [0.4, 0.5) is 5.69 Å². The van der Waals surface area contributed by atoms with Gasteiger partial charge in [-0.05, 0) is 68.7 Å². The number of carbonyl (C=O) groups is 2. The summed E-state index contributed by atoms with van der Waals surface area (Å²) in [5, 5.41) is 3.75. The second kappa shape index (κ2) is 13.1. The lowest BCUT2D eigenvalue weighted by molar-refractivity contribution is -0.139. The van der Waals surface area contributed by atoms with Gasteiger partial charge in [0, 0.05) is 12.6 Å². The second-order valence-corrected chi connectivity index (χ2v) is 12.8. The van der Waals surface area contributed by atoms with Gasteiger partial charge in [-0.2, -0.15) is 0 Å². The van der Waals surface area contributed by atoms with Crippen LogP contribution in [-0.4, -0.2) is 43.8 Å². The molecule has 0 aliphatic heterocycles. The molecule has 1 N–H and O–H groups in total. The first kappa shape index (κ1) is 29.9. The van der Waals surface area contributed by atoms with Crippen LogP contribution in [0.3, 0.4) is 0 Å². The number of amides is 2. The van der Waals surface area contributed by atoms with E-state index in [0.717, 1.165) is 35.6 Å². The van der Waals surface area contributed by atoms with Crippen molar-refractivity contribution in [3.63, 3.8) is 0 Å². The molecule has 40 heavy (non-hydrogen) atoms. The summed E-state index contributed by atoms with van der Waals surface area (Å²) in [6.07, 6.45) is 3.90. The second-order valence-electron chi connectivity index (χ2n) is 10.1. The Hall–Kier alpha value is -3.07. The van der Waals surface area contributed by atoms with Crippen LogP contribution in [0.5, 0.6) is 0 Å². The molecular formula is C30H33Cl2N3O4S. The number of nitrogens with one attached hydrogen (secondary N) is 1. The van der Waals surface area contributed by atoms with Crippen molar-refractivity contribution in [3.05, 3.63) is 94.0 Å². The molecule has 212 valence electrons. The molecule has 0 saturated heterocycles. The zero-order valence-electron chi connectivity index (χ0n) is 22.5. The standard InChI is InChI=1S/C30H33Cl2N3O4S/c1-21-12-15-25(16-13-21)35(40(38,39)26-10-4-3-5-11-26)20-29(36)34(19-23-14-17-27(31)28(32)18-23)22(2)30(37)33-24-8-6-7-9-24/h3-5,10-18,22,24H,6-9,19-20H2,1-2H3,(H,33,37). The van der Waals surface area contributed by atoms with Gasteiger partial charge in [0.15, 0.2) is 0 Å². The molecule has 0 aromatic heterocycles. The molecule has 3 aromatic carbocycles. The quantitative estimate of drug-likeness (QED) is 0.310. The Balaban J connectivity index is 1.68. The van der Waals surface area contributed by atoms with Crippen molar-refractivity contribution in [3.8, 4) is 0 Å². The van der Waals surface area contributed by atoms with E-state index in [1.54, 1.807) is 67.6 Å². The molecule has 1 aliphatic rings. The number of nitrogens with zero attached hydrogens (tertiary/aromatic N) is 2. The summed E-state index contributed by atoms with van der Waals surface area (Å²) in [4.78, 5) is 28.7. The normalized spacial score (nSPS) is 14.5. The molecule has 2 amide bonds. The molecule has 1 atom stereocenters. The molecular weight excluding hydrogens is 569 g/mol. The predicted octanol–water partition coefficient (Wildman–Crippen LogP) is 5.97. The van der Waals surface area contributed by atoms with Crippen molar-refractivity contribution in [2.24, 2.45) is 0 Å². The van der Waals surface area contributed by atoms with E-state index >= 15 is 0 Å². The minimum atomic E-state index is -4.10. The summed E-state index contributed by atoms with van der Waals surface area (Å²) in [6.45, 7) is 3.10. The highest BCUT2D eigenvalue weighted by atomic mass is 35.5. The summed E-state index contributed by atoms with van der Waals surface area (Å²) in [5.41, 5.74) is 1.96. The van der Waals surface area contributed by atoms with Crippen LogP contribution in [0.15, 0.2) is 77.7 Å². The zero-order valence-corrected chi connectivity index (χ0v) is 24.8. The van der Waals surface area contributed by atoms with Crippen molar-refractivity contribution in [2.45, 2.75) is 63.1 Å². The monoisotopic (exact) mass is 601 g/mol. The predicted molar refractivity (Wildman–Crippen MR) is 159 cm³/mol. The number of aryl methyl sites for hydroxylation is 1. The summed E-state index contributed by atoms with van der Waals surface area (Å²) < 4.78 is 28.7. The zero-order chi connectivity index (χ0) is 28.9. The van der Waals surface area contributed by atoms with E-state index in [4.69, 9.17) is 23.2 Å². The van der Waals surface area contributed by atoms with Crippen LogP contribution in [0.1, 0.15) is 43.7 Å². The number of rotatable bonds is 10. The number of hydrogen-bond donors (Lipinski definition) is 1. The first-order valence-electron chi connectivity index (χ1n) is 13.2. The van der Waals surface area contributed by atoms with Crippen molar-refractivity contribution in [1.82, 2.24) is 10.2 Å². The highest BCUT2D eigenvalue weighted by Crippen LogP contribution is 2.27. The Morgan fingerprint density at radius 3 is 2.23 bits per heavy atom. The Labute approximate surface area is 246 Å². The number of carbonyl (C=O) groups excluding carboxylic acids is 2. The molecule has 10 heteroatoms. The Kier molecular flexibility index (Phi) is 9.77. The smallest absolute Gasteiger partial charge is 0.264 e. The summed E-state index contributed by atoms with van der Waals surface area (Å²) in [5.74, 6) is -0.812. The molecule has 1 unspecified atom stereocenters. The van der Waals surface area contributed by atoms with Crippen molar-refractivity contribution < 1.29 is 18.0 Å². The average molecular weight is 603 g/mol. The van der Waals surface area contributed by atoms with Crippen molar-refractivity contribution in [1.29, 1.82) is 0 Å². The highest BCUT2D eigenvalue weighted by Gasteiger charge is 2.33. The van der Waals surface area contributed by atoms with E-state index in [1.807, 2.05) is 6.92 Å². The summed E-state index contributed by atoms with van der Waals surface area (Å²) >= 11 is 12.3. The molecule has 1 aliphatic carbocycles. The fraction of sp³-hybridized carbons (Fsp3) is 0.333. The van der Waals surface area contributed by atoms with Crippen molar-refractivity contribution in [2.75, 3.05) is 10.8 Å². The molecule has 4 rings (SSSR count). The van der Waals surface area contributed by atoms with Crippen LogP contribution in [0.2, 0.25) is 10.0 Å². The van der Waals surface area contributed by atoms with Crippen molar-refractivity contribution >= 4 is 50.7 Å². The van der Waals surface area contributed by atoms with E-state index in [1.165, 1.54) is 17.0 Å². The van der Waals surface area contributed by atoms with Gasteiger partial charge < -0.3 is 10.2 Å². The molecule has 1 fully saturated rings. The summed E-state index contributed by atoms with van der Waals surface area (Å²) in [6, 6.07) is 19.1. The van der Waals surface area contributed by atoms with E-state index in [2.05, 4.69) is 5.32 Å². The van der Waals surface area contributed by atoms with E-state index < -0.39 is 28.5 Å². The Bertz CT molecular complexity index is 1440.